The Hall–Kier alpha value is -2.44. The highest BCUT2D eigenvalue weighted by molar-refractivity contribution is 6.06. The zero-order valence-corrected chi connectivity index (χ0v) is 13.1. The lowest BCUT2D eigenvalue weighted by Crippen LogP contribution is -2.43. The second-order valence-electron chi connectivity index (χ2n) is 6.09. The molecule has 2 heterocycles. The first-order chi connectivity index (χ1) is 10.2. The second kappa shape index (κ2) is 5.75. The molecule has 0 radical (unpaired) electrons. The molecule has 0 aliphatic carbocycles. The number of carboxylic acid groups (broad SMARTS) is 1. The van der Waals surface area contributed by atoms with E-state index in [1.807, 2.05) is 6.92 Å². The van der Waals surface area contributed by atoms with Gasteiger partial charge in [-0.05, 0) is 40.2 Å². The SMILES string of the molecule is Cc1cc(C(=O)NC(C)(C)CCC(=O)O)c2c(C)[nH]nc2n1. The van der Waals surface area contributed by atoms with Crippen LogP contribution in [-0.4, -0.2) is 37.7 Å². The Kier molecular flexibility index (Phi) is 4.16. The number of pyridine rings is 1. The molecule has 7 heteroatoms. The average Bonchev–Trinajstić information content (AvgIpc) is 2.76. The number of rotatable bonds is 5. The van der Waals surface area contributed by atoms with Crippen molar-refractivity contribution in [2.75, 3.05) is 0 Å². The van der Waals surface area contributed by atoms with Gasteiger partial charge < -0.3 is 10.4 Å². The molecule has 0 fully saturated rings. The smallest absolute Gasteiger partial charge is 0.303 e. The van der Waals surface area contributed by atoms with Crippen molar-refractivity contribution >= 4 is 22.9 Å². The van der Waals surface area contributed by atoms with E-state index >= 15 is 0 Å². The first kappa shape index (κ1) is 15.9. The molecule has 22 heavy (non-hydrogen) atoms. The van der Waals surface area contributed by atoms with Gasteiger partial charge in [-0.15, -0.1) is 0 Å². The van der Waals surface area contributed by atoms with E-state index in [9.17, 15) is 9.59 Å². The number of nitrogens with one attached hydrogen (secondary N) is 2. The zero-order chi connectivity index (χ0) is 16.5. The van der Waals surface area contributed by atoms with Crippen LogP contribution in [0.2, 0.25) is 0 Å². The van der Waals surface area contributed by atoms with Crippen molar-refractivity contribution < 1.29 is 14.7 Å². The van der Waals surface area contributed by atoms with Crippen LogP contribution in [-0.2, 0) is 4.79 Å². The Labute approximate surface area is 128 Å². The minimum absolute atomic E-state index is 0.00278. The molecule has 118 valence electrons. The zero-order valence-electron chi connectivity index (χ0n) is 13.1. The van der Waals surface area contributed by atoms with E-state index in [1.165, 1.54) is 0 Å². The summed E-state index contributed by atoms with van der Waals surface area (Å²) in [5.74, 6) is -1.13. The van der Waals surface area contributed by atoms with Crippen LogP contribution in [0, 0.1) is 13.8 Å². The van der Waals surface area contributed by atoms with Gasteiger partial charge in [-0.2, -0.15) is 5.10 Å². The molecule has 0 bridgehead atoms. The third kappa shape index (κ3) is 3.41. The van der Waals surface area contributed by atoms with Crippen molar-refractivity contribution in [3.63, 3.8) is 0 Å². The predicted octanol–water partition coefficient (Wildman–Crippen LogP) is 1.95. The summed E-state index contributed by atoms with van der Waals surface area (Å²) >= 11 is 0. The molecule has 0 unspecified atom stereocenters. The summed E-state index contributed by atoms with van der Waals surface area (Å²) in [6, 6.07) is 1.72. The summed E-state index contributed by atoms with van der Waals surface area (Å²) in [5, 5.41) is 19.3. The number of hydrogen-bond donors (Lipinski definition) is 3. The third-order valence-corrected chi connectivity index (χ3v) is 3.49. The van der Waals surface area contributed by atoms with Gasteiger partial charge in [0.2, 0.25) is 0 Å². The van der Waals surface area contributed by atoms with Gasteiger partial charge in [-0.25, -0.2) is 4.98 Å². The maximum Gasteiger partial charge on any atom is 0.303 e. The van der Waals surface area contributed by atoms with Crippen molar-refractivity contribution in [1.82, 2.24) is 20.5 Å². The molecule has 2 aromatic heterocycles. The van der Waals surface area contributed by atoms with E-state index in [4.69, 9.17) is 5.11 Å². The van der Waals surface area contributed by atoms with Crippen LogP contribution in [0.3, 0.4) is 0 Å². The number of aromatic amines is 1. The molecule has 7 nitrogen and oxygen atoms in total. The molecule has 0 atom stereocenters. The molecule has 0 spiro atoms. The number of hydrogen-bond acceptors (Lipinski definition) is 4. The van der Waals surface area contributed by atoms with Crippen LogP contribution in [0.15, 0.2) is 6.07 Å². The number of amides is 1. The Morgan fingerprint density at radius 2 is 2.05 bits per heavy atom. The number of carbonyl (C=O) groups is 2. The van der Waals surface area contributed by atoms with Gasteiger partial charge in [0.1, 0.15) is 0 Å². The molecule has 2 aromatic rings. The fourth-order valence-electron chi connectivity index (χ4n) is 2.34. The number of aliphatic carboxylic acids is 1. The highest BCUT2D eigenvalue weighted by Gasteiger charge is 2.24. The van der Waals surface area contributed by atoms with Crippen molar-refractivity contribution in [3.05, 3.63) is 23.0 Å². The molecule has 3 N–H and O–H groups in total. The fraction of sp³-hybridized carbons (Fsp3) is 0.467. The minimum atomic E-state index is -0.879. The summed E-state index contributed by atoms with van der Waals surface area (Å²) in [5.41, 5.74) is 1.86. The number of aromatic nitrogens is 3. The van der Waals surface area contributed by atoms with Crippen molar-refractivity contribution in [3.8, 4) is 0 Å². The minimum Gasteiger partial charge on any atom is -0.481 e. The Bertz CT molecular complexity index is 734. The summed E-state index contributed by atoms with van der Waals surface area (Å²) < 4.78 is 0. The van der Waals surface area contributed by atoms with Crippen LogP contribution in [0.4, 0.5) is 0 Å². The van der Waals surface area contributed by atoms with Gasteiger partial charge >= 0.3 is 5.97 Å². The van der Waals surface area contributed by atoms with Gasteiger partial charge in [0, 0.05) is 23.3 Å². The molecular weight excluding hydrogens is 284 g/mol. The number of nitrogens with zero attached hydrogens (tertiary/aromatic N) is 2. The average molecular weight is 304 g/mol. The maximum absolute atomic E-state index is 12.6. The number of carbonyl (C=O) groups excluding carboxylic acids is 1. The van der Waals surface area contributed by atoms with Gasteiger partial charge in [-0.3, -0.25) is 14.7 Å². The molecule has 1 amide bonds. The molecular formula is C15H20N4O3. The second-order valence-corrected chi connectivity index (χ2v) is 6.09. The van der Waals surface area contributed by atoms with Crippen molar-refractivity contribution in [2.45, 2.75) is 46.1 Å². The molecule has 0 aromatic carbocycles. The normalized spacial score (nSPS) is 11.6. The Morgan fingerprint density at radius 1 is 1.36 bits per heavy atom. The largest absolute Gasteiger partial charge is 0.481 e. The summed E-state index contributed by atoms with van der Waals surface area (Å²) in [4.78, 5) is 27.6. The van der Waals surface area contributed by atoms with E-state index in [0.717, 1.165) is 5.69 Å². The number of H-pyrrole nitrogens is 1. The standard InChI is InChI=1S/C15H20N4O3/c1-8-7-10(12-9(2)18-19-13(12)16-8)14(22)17-15(3,4)6-5-11(20)21/h7H,5-6H2,1-4H3,(H,17,22)(H,20,21)(H,16,18,19). The van der Waals surface area contributed by atoms with Crippen LogP contribution < -0.4 is 5.32 Å². The fourth-order valence-corrected chi connectivity index (χ4v) is 2.34. The molecule has 0 saturated carbocycles. The quantitative estimate of drug-likeness (QED) is 0.782. The summed E-state index contributed by atoms with van der Waals surface area (Å²) in [7, 11) is 0. The van der Waals surface area contributed by atoms with E-state index in [1.54, 1.807) is 26.8 Å². The van der Waals surface area contributed by atoms with E-state index in [-0.39, 0.29) is 12.3 Å². The molecule has 0 aliphatic heterocycles. The van der Waals surface area contributed by atoms with Gasteiger partial charge in [0.05, 0.1) is 10.9 Å². The Morgan fingerprint density at radius 3 is 2.68 bits per heavy atom. The third-order valence-electron chi connectivity index (χ3n) is 3.49. The van der Waals surface area contributed by atoms with Crippen molar-refractivity contribution in [1.29, 1.82) is 0 Å². The topological polar surface area (TPSA) is 108 Å². The predicted molar refractivity (Wildman–Crippen MR) is 81.8 cm³/mol. The lowest BCUT2D eigenvalue weighted by Gasteiger charge is -2.26. The highest BCUT2D eigenvalue weighted by atomic mass is 16.4. The lowest BCUT2D eigenvalue weighted by molar-refractivity contribution is -0.137. The van der Waals surface area contributed by atoms with Crippen LogP contribution in [0.25, 0.3) is 11.0 Å². The van der Waals surface area contributed by atoms with E-state index < -0.39 is 11.5 Å². The molecule has 2 rings (SSSR count). The summed E-state index contributed by atoms with van der Waals surface area (Å²) in [6.45, 7) is 7.25. The highest BCUT2D eigenvalue weighted by Crippen LogP contribution is 2.21. The first-order valence-electron chi connectivity index (χ1n) is 7.06. The van der Waals surface area contributed by atoms with E-state index in [0.29, 0.717) is 28.7 Å². The first-order valence-corrected chi connectivity index (χ1v) is 7.06. The molecule has 0 aliphatic rings. The van der Waals surface area contributed by atoms with Gasteiger partial charge in [0.15, 0.2) is 5.65 Å². The maximum atomic E-state index is 12.6. The Balaban J connectivity index is 2.30. The van der Waals surface area contributed by atoms with Crippen molar-refractivity contribution in [2.24, 2.45) is 0 Å². The summed E-state index contributed by atoms with van der Waals surface area (Å²) in [6.07, 6.45) is 0.356. The monoisotopic (exact) mass is 304 g/mol. The number of fused-ring (bicyclic) bond motifs is 1. The number of carboxylic acids is 1. The van der Waals surface area contributed by atoms with Crippen LogP contribution in [0.5, 0.6) is 0 Å². The lowest BCUT2D eigenvalue weighted by atomic mass is 9.97. The van der Waals surface area contributed by atoms with Gasteiger partial charge in [0.25, 0.3) is 5.91 Å². The van der Waals surface area contributed by atoms with E-state index in [2.05, 4.69) is 20.5 Å². The molecule has 0 saturated heterocycles. The number of aryl methyl sites for hydroxylation is 2. The van der Waals surface area contributed by atoms with Crippen LogP contribution in [0.1, 0.15) is 48.4 Å². The van der Waals surface area contributed by atoms with Crippen LogP contribution >= 0.6 is 0 Å². The van der Waals surface area contributed by atoms with Gasteiger partial charge in [-0.1, -0.05) is 0 Å².